The van der Waals surface area contributed by atoms with Crippen LogP contribution in [0.3, 0.4) is 0 Å². The highest BCUT2D eigenvalue weighted by atomic mass is 35.5. The molecule has 3 aromatic rings. The Balaban J connectivity index is 1.05. The summed E-state index contributed by atoms with van der Waals surface area (Å²) in [4.78, 5) is 17.4. The standard InChI is InChI=1S/C31H33ClN2O5/c32-24-5-8-28-23(15-24)19-39-31(28)10-13-33(14-11-31)18-26(36)20-38-29-16-25(35)6-7-27(29)30(37)34-12-9-21-3-1-2-4-22(21)17-34/h1-8,15-16,26,35-36H,9-14,17-20H2/t26-/m0/s1. The van der Waals surface area contributed by atoms with Crippen LogP contribution in [-0.2, 0) is 29.9 Å². The normalized spacial score (nSPS) is 19.0. The lowest BCUT2D eigenvalue weighted by Crippen LogP contribution is -2.46. The lowest BCUT2D eigenvalue weighted by Gasteiger charge is -2.39. The van der Waals surface area contributed by atoms with Crippen molar-refractivity contribution in [3.05, 3.63) is 93.5 Å². The molecule has 1 amide bonds. The van der Waals surface area contributed by atoms with E-state index in [4.69, 9.17) is 21.1 Å². The van der Waals surface area contributed by atoms with Crippen LogP contribution < -0.4 is 4.74 Å². The van der Waals surface area contributed by atoms with Crippen LogP contribution >= 0.6 is 11.6 Å². The van der Waals surface area contributed by atoms with Gasteiger partial charge in [0.1, 0.15) is 24.2 Å². The van der Waals surface area contributed by atoms with E-state index < -0.39 is 6.10 Å². The van der Waals surface area contributed by atoms with E-state index in [0.717, 1.165) is 48.5 Å². The van der Waals surface area contributed by atoms with E-state index in [2.05, 4.69) is 23.1 Å². The minimum atomic E-state index is -0.748. The zero-order valence-electron chi connectivity index (χ0n) is 21.8. The van der Waals surface area contributed by atoms with Crippen LogP contribution in [0.2, 0.25) is 5.02 Å². The highest BCUT2D eigenvalue weighted by Gasteiger charge is 2.42. The van der Waals surface area contributed by atoms with Gasteiger partial charge in [-0.2, -0.15) is 0 Å². The summed E-state index contributed by atoms with van der Waals surface area (Å²) < 4.78 is 12.2. The number of rotatable bonds is 6. The molecule has 0 aliphatic carbocycles. The van der Waals surface area contributed by atoms with Gasteiger partial charge in [-0.3, -0.25) is 4.79 Å². The largest absolute Gasteiger partial charge is 0.508 e. The van der Waals surface area contributed by atoms with E-state index in [1.54, 1.807) is 11.0 Å². The maximum Gasteiger partial charge on any atom is 0.257 e. The fourth-order valence-corrected chi connectivity index (χ4v) is 6.31. The van der Waals surface area contributed by atoms with E-state index in [1.165, 1.54) is 23.3 Å². The summed E-state index contributed by atoms with van der Waals surface area (Å²) in [6, 6.07) is 18.7. The molecular weight excluding hydrogens is 516 g/mol. The highest BCUT2D eigenvalue weighted by molar-refractivity contribution is 6.30. The molecule has 8 heteroatoms. The summed E-state index contributed by atoms with van der Waals surface area (Å²) in [5.41, 5.74) is 4.92. The molecule has 1 saturated heterocycles. The fraction of sp³-hybridized carbons (Fsp3) is 0.387. The van der Waals surface area contributed by atoms with Crippen LogP contribution in [0, 0.1) is 0 Å². The molecular formula is C31H33ClN2O5. The van der Waals surface area contributed by atoms with Crippen LogP contribution in [0.15, 0.2) is 60.7 Å². The van der Waals surface area contributed by atoms with E-state index in [-0.39, 0.29) is 29.6 Å². The molecule has 2 N–H and O–H groups in total. The van der Waals surface area contributed by atoms with E-state index in [9.17, 15) is 15.0 Å². The number of nitrogens with zero attached hydrogens (tertiary/aromatic N) is 2. The van der Waals surface area contributed by atoms with Gasteiger partial charge in [0.05, 0.1) is 17.8 Å². The molecule has 3 aliphatic heterocycles. The number of carbonyl (C=O) groups is 1. The van der Waals surface area contributed by atoms with Crippen molar-refractivity contribution in [3.63, 3.8) is 0 Å². The first-order chi connectivity index (χ1) is 18.9. The Labute approximate surface area is 233 Å². The van der Waals surface area contributed by atoms with Crippen LogP contribution in [0.1, 0.15) is 45.5 Å². The van der Waals surface area contributed by atoms with Gasteiger partial charge in [0, 0.05) is 43.8 Å². The first-order valence-corrected chi connectivity index (χ1v) is 13.9. The predicted octanol–water partition coefficient (Wildman–Crippen LogP) is 4.51. The maximum absolute atomic E-state index is 13.4. The van der Waals surface area contributed by atoms with Gasteiger partial charge in [-0.15, -0.1) is 0 Å². The quantitative estimate of drug-likeness (QED) is 0.472. The van der Waals surface area contributed by atoms with E-state index in [1.807, 2.05) is 24.3 Å². The second-order valence-corrected chi connectivity index (χ2v) is 11.2. The van der Waals surface area contributed by atoms with Crippen molar-refractivity contribution in [2.75, 3.05) is 32.8 Å². The first-order valence-electron chi connectivity index (χ1n) is 13.6. The molecule has 3 aromatic carbocycles. The van der Waals surface area contributed by atoms with Crippen molar-refractivity contribution >= 4 is 17.5 Å². The number of fused-ring (bicyclic) bond motifs is 3. The number of ether oxygens (including phenoxy) is 2. The van der Waals surface area contributed by atoms with Crippen LogP contribution in [-0.4, -0.2) is 64.8 Å². The van der Waals surface area contributed by atoms with Crippen LogP contribution in [0.4, 0.5) is 0 Å². The number of likely N-dealkylation sites (tertiary alicyclic amines) is 1. The molecule has 0 unspecified atom stereocenters. The Morgan fingerprint density at radius 1 is 1.03 bits per heavy atom. The Kier molecular flexibility index (Phi) is 7.25. The highest BCUT2D eigenvalue weighted by Crippen LogP contribution is 2.44. The summed E-state index contributed by atoms with van der Waals surface area (Å²) in [7, 11) is 0. The van der Waals surface area contributed by atoms with Gasteiger partial charge in [0.2, 0.25) is 0 Å². The number of β-amino-alcohol motifs (C(OH)–C–C–N with tert-alkyl or cyclic N) is 1. The molecule has 1 fully saturated rings. The predicted molar refractivity (Wildman–Crippen MR) is 148 cm³/mol. The minimum absolute atomic E-state index is 0.0134. The number of aliphatic hydroxyl groups is 1. The van der Waals surface area contributed by atoms with Gasteiger partial charge in [0.15, 0.2) is 0 Å². The van der Waals surface area contributed by atoms with Crippen LogP contribution in [0.5, 0.6) is 11.5 Å². The smallest absolute Gasteiger partial charge is 0.257 e. The minimum Gasteiger partial charge on any atom is -0.508 e. The molecule has 1 atom stereocenters. The third kappa shape index (κ3) is 5.37. The average molecular weight is 549 g/mol. The van der Waals surface area contributed by atoms with Crippen molar-refractivity contribution in [3.8, 4) is 11.5 Å². The number of phenols is 1. The Bertz CT molecular complexity index is 1370. The molecule has 6 rings (SSSR count). The fourth-order valence-electron chi connectivity index (χ4n) is 6.11. The summed E-state index contributed by atoms with van der Waals surface area (Å²) in [6.07, 6.45) is 1.75. The lowest BCUT2D eigenvalue weighted by molar-refractivity contribution is -0.0835. The summed E-state index contributed by atoms with van der Waals surface area (Å²) in [6.45, 7) is 3.81. The van der Waals surface area contributed by atoms with Crippen molar-refractivity contribution in [1.29, 1.82) is 0 Å². The number of carbonyl (C=O) groups excluding carboxylic acids is 1. The molecule has 3 heterocycles. The van der Waals surface area contributed by atoms with Crippen LogP contribution in [0.25, 0.3) is 0 Å². The number of aromatic hydroxyl groups is 1. The first kappa shape index (κ1) is 26.1. The number of aliphatic hydroxyl groups excluding tert-OH is 1. The zero-order chi connectivity index (χ0) is 27.0. The Morgan fingerprint density at radius 3 is 2.64 bits per heavy atom. The van der Waals surface area contributed by atoms with Gasteiger partial charge in [-0.1, -0.05) is 41.9 Å². The number of halogens is 1. The summed E-state index contributed by atoms with van der Waals surface area (Å²) in [5, 5.41) is 21.6. The Hall–Kier alpha value is -3.10. The second kappa shape index (κ2) is 10.8. The molecule has 0 aromatic heterocycles. The number of piperidine rings is 1. The summed E-state index contributed by atoms with van der Waals surface area (Å²) in [5.74, 6) is 0.151. The topological polar surface area (TPSA) is 82.5 Å². The van der Waals surface area contributed by atoms with Gasteiger partial charge in [0.25, 0.3) is 5.91 Å². The summed E-state index contributed by atoms with van der Waals surface area (Å²) >= 11 is 6.16. The Morgan fingerprint density at radius 2 is 1.82 bits per heavy atom. The number of hydrogen-bond acceptors (Lipinski definition) is 6. The monoisotopic (exact) mass is 548 g/mol. The molecule has 0 bridgehead atoms. The van der Waals surface area contributed by atoms with E-state index >= 15 is 0 Å². The average Bonchev–Trinajstić information content (AvgIpc) is 3.29. The third-order valence-electron chi connectivity index (χ3n) is 8.24. The molecule has 204 valence electrons. The third-order valence-corrected chi connectivity index (χ3v) is 8.47. The zero-order valence-corrected chi connectivity index (χ0v) is 22.6. The molecule has 3 aliphatic rings. The number of benzene rings is 3. The van der Waals surface area contributed by atoms with E-state index in [0.29, 0.717) is 31.8 Å². The van der Waals surface area contributed by atoms with Gasteiger partial charge >= 0.3 is 0 Å². The number of phenolic OH excluding ortho intramolecular Hbond substituents is 1. The SMILES string of the molecule is O=C(c1ccc(O)cc1OC[C@@H](O)CN1CCC2(CC1)OCc1cc(Cl)ccc12)N1CCc2ccccc2C1. The van der Waals surface area contributed by atoms with Crippen molar-refractivity contribution in [2.45, 2.75) is 44.1 Å². The molecule has 1 spiro atoms. The van der Waals surface area contributed by atoms with Crippen molar-refractivity contribution < 1.29 is 24.5 Å². The van der Waals surface area contributed by atoms with Crippen molar-refractivity contribution in [2.24, 2.45) is 0 Å². The van der Waals surface area contributed by atoms with Gasteiger partial charge < -0.3 is 29.5 Å². The molecule has 0 radical (unpaired) electrons. The van der Waals surface area contributed by atoms with Gasteiger partial charge in [-0.25, -0.2) is 0 Å². The number of amides is 1. The van der Waals surface area contributed by atoms with Gasteiger partial charge in [-0.05, 0) is 65.8 Å². The molecule has 7 nitrogen and oxygen atoms in total. The van der Waals surface area contributed by atoms with Crippen molar-refractivity contribution in [1.82, 2.24) is 9.80 Å². The second-order valence-electron chi connectivity index (χ2n) is 10.8. The number of hydrogen-bond donors (Lipinski definition) is 2. The lowest BCUT2D eigenvalue weighted by atomic mass is 9.84. The molecule has 39 heavy (non-hydrogen) atoms. The maximum atomic E-state index is 13.4. The molecule has 0 saturated carbocycles.